The zero-order valence-corrected chi connectivity index (χ0v) is 17.8. The second-order valence-corrected chi connectivity index (χ2v) is 8.54. The Bertz CT molecular complexity index is 1290. The van der Waals surface area contributed by atoms with Crippen LogP contribution in [0, 0.1) is 0 Å². The SMILES string of the molecule is O[C@@H]1CCCN1Cc1cc2cc3c(cc2c2cc(OCc4ccccc4)ccc12)OCO3. The number of benzene rings is 4. The molecule has 2 aliphatic rings. The highest BCUT2D eigenvalue weighted by Gasteiger charge is 2.23. The molecule has 0 amide bonds. The van der Waals surface area contributed by atoms with Crippen molar-refractivity contribution in [3.8, 4) is 17.2 Å². The number of ether oxygens (including phenoxy) is 3. The number of nitrogens with zero attached hydrogens (tertiary/aromatic N) is 1. The van der Waals surface area contributed by atoms with E-state index in [-0.39, 0.29) is 13.0 Å². The van der Waals surface area contributed by atoms with Gasteiger partial charge < -0.3 is 19.3 Å². The fourth-order valence-corrected chi connectivity index (χ4v) is 4.78. The Morgan fingerprint density at radius 2 is 1.75 bits per heavy atom. The number of likely N-dealkylation sites (tertiary alicyclic amines) is 1. The summed E-state index contributed by atoms with van der Waals surface area (Å²) in [4.78, 5) is 2.15. The van der Waals surface area contributed by atoms with Gasteiger partial charge in [0.15, 0.2) is 11.5 Å². The first-order chi connectivity index (χ1) is 15.7. The van der Waals surface area contributed by atoms with Crippen LogP contribution >= 0.6 is 0 Å². The summed E-state index contributed by atoms with van der Waals surface area (Å²) in [5, 5.41) is 14.9. The van der Waals surface area contributed by atoms with E-state index in [1.807, 2.05) is 24.3 Å². The molecule has 0 aliphatic carbocycles. The minimum Gasteiger partial charge on any atom is -0.489 e. The monoisotopic (exact) mass is 427 g/mol. The molecule has 0 unspecified atom stereocenters. The third-order valence-corrected chi connectivity index (χ3v) is 6.45. The van der Waals surface area contributed by atoms with Gasteiger partial charge in [-0.05, 0) is 75.8 Å². The van der Waals surface area contributed by atoms with Gasteiger partial charge in [-0.2, -0.15) is 0 Å². The van der Waals surface area contributed by atoms with Crippen LogP contribution in [0.2, 0.25) is 0 Å². The van der Waals surface area contributed by atoms with E-state index in [0.717, 1.165) is 58.4 Å². The first kappa shape index (κ1) is 19.4. The lowest BCUT2D eigenvalue weighted by atomic mass is 9.96. The van der Waals surface area contributed by atoms with Gasteiger partial charge in [0.1, 0.15) is 18.6 Å². The molecule has 1 N–H and O–H groups in total. The van der Waals surface area contributed by atoms with Crippen molar-refractivity contribution >= 4 is 21.5 Å². The molecule has 6 rings (SSSR count). The molecule has 4 aromatic carbocycles. The van der Waals surface area contributed by atoms with Gasteiger partial charge in [0.05, 0.1) is 0 Å². The van der Waals surface area contributed by atoms with Crippen LogP contribution < -0.4 is 14.2 Å². The summed E-state index contributed by atoms with van der Waals surface area (Å²) in [6.07, 6.45) is 1.50. The predicted molar refractivity (Wildman–Crippen MR) is 124 cm³/mol. The molecule has 1 fully saturated rings. The normalized spacial score (nSPS) is 18.0. The molecule has 4 aromatic rings. The molecule has 0 bridgehead atoms. The van der Waals surface area contributed by atoms with E-state index in [1.54, 1.807) is 0 Å². The Morgan fingerprint density at radius 1 is 0.906 bits per heavy atom. The molecular weight excluding hydrogens is 402 g/mol. The summed E-state index contributed by atoms with van der Waals surface area (Å²) in [6, 6.07) is 22.8. The van der Waals surface area contributed by atoms with Crippen molar-refractivity contribution in [2.24, 2.45) is 0 Å². The molecule has 162 valence electrons. The Labute approximate surface area is 186 Å². The lowest BCUT2D eigenvalue weighted by Crippen LogP contribution is -2.28. The highest BCUT2D eigenvalue weighted by molar-refractivity contribution is 6.10. The summed E-state index contributed by atoms with van der Waals surface area (Å²) in [5.74, 6) is 2.39. The number of rotatable bonds is 5. The minimum atomic E-state index is -0.369. The molecule has 0 spiro atoms. The summed E-state index contributed by atoms with van der Waals surface area (Å²) >= 11 is 0. The lowest BCUT2D eigenvalue weighted by molar-refractivity contribution is 0.0331. The Kier molecular flexibility index (Phi) is 4.86. The lowest BCUT2D eigenvalue weighted by Gasteiger charge is -2.22. The van der Waals surface area contributed by atoms with Crippen LogP contribution in [0.25, 0.3) is 21.5 Å². The number of hydrogen-bond acceptors (Lipinski definition) is 5. The van der Waals surface area contributed by atoms with Crippen molar-refractivity contribution in [3.63, 3.8) is 0 Å². The molecule has 1 saturated heterocycles. The molecule has 0 aromatic heterocycles. The largest absolute Gasteiger partial charge is 0.489 e. The Hall–Kier alpha value is -3.28. The van der Waals surface area contributed by atoms with E-state index in [0.29, 0.717) is 13.2 Å². The van der Waals surface area contributed by atoms with Crippen LogP contribution in [0.3, 0.4) is 0 Å². The van der Waals surface area contributed by atoms with Crippen molar-refractivity contribution < 1.29 is 19.3 Å². The zero-order chi connectivity index (χ0) is 21.5. The summed E-state index contributed by atoms with van der Waals surface area (Å²) in [5.41, 5.74) is 2.33. The number of aliphatic hydroxyl groups is 1. The molecule has 5 heteroatoms. The van der Waals surface area contributed by atoms with Crippen LogP contribution in [0.1, 0.15) is 24.0 Å². The maximum absolute atomic E-state index is 10.4. The van der Waals surface area contributed by atoms with E-state index >= 15 is 0 Å². The fourth-order valence-electron chi connectivity index (χ4n) is 4.78. The smallest absolute Gasteiger partial charge is 0.231 e. The fraction of sp³-hybridized carbons (Fsp3) is 0.259. The van der Waals surface area contributed by atoms with Gasteiger partial charge >= 0.3 is 0 Å². The molecule has 2 aliphatic heterocycles. The Morgan fingerprint density at radius 3 is 2.56 bits per heavy atom. The average molecular weight is 428 g/mol. The van der Waals surface area contributed by atoms with Crippen LogP contribution in [0.5, 0.6) is 17.2 Å². The van der Waals surface area contributed by atoms with E-state index in [4.69, 9.17) is 14.2 Å². The summed E-state index contributed by atoms with van der Waals surface area (Å²) in [6.45, 7) is 2.41. The van der Waals surface area contributed by atoms with Crippen molar-refractivity contribution in [1.82, 2.24) is 4.90 Å². The third-order valence-electron chi connectivity index (χ3n) is 6.45. The number of aliphatic hydroxyl groups excluding tert-OH is 1. The standard InChI is InChI=1S/C27H25NO4/c29-27-7-4-10-28(27)15-20-11-19-12-25-26(32-17-31-25)14-23(19)24-13-21(8-9-22(20)24)30-16-18-5-2-1-3-6-18/h1-3,5-6,8-9,11-14,27,29H,4,7,10,15-17H2/t27-/m1/s1. The van der Waals surface area contributed by atoms with Gasteiger partial charge in [0, 0.05) is 13.1 Å². The molecule has 2 heterocycles. The van der Waals surface area contributed by atoms with E-state index in [1.165, 1.54) is 10.9 Å². The van der Waals surface area contributed by atoms with Crippen LogP contribution in [-0.2, 0) is 13.2 Å². The van der Waals surface area contributed by atoms with Gasteiger partial charge in [0.25, 0.3) is 0 Å². The van der Waals surface area contributed by atoms with Gasteiger partial charge in [-0.1, -0.05) is 36.4 Å². The van der Waals surface area contributed by atoms with Crippen LogP contribution in [0.15, 0.2) is 66.7 Å². The highest BCUT2D eigenvalue weighted by atomic mass is 16.7. The van der Waals surface area contributed by atoms with E-state index < -0.39 is 0 Å². The van der Waals surface area contributed by atoms with Gasteiger partial charge in [-0.25, -0.2) is 0 Å². The minimum absolute atomic E-state index is 0.252. The van der Waals surface area contributed by atoms with Crippen molar-refractivity contribution in [1.29, 1.82) is 0 Å². The third kappa shape index (κ3) is 3.53. The van der Waals surface area contributed by atoms with Crippen molar-refractivity contribution in [2.75, 3.05) is 13.3 Å². The topological polar surface area (TPSA) is 51.2 Å². The first-order valence-corrected chi connectivity index (χ1v) is 11.1. The molecule has 32 heavy (non-hydrogen) atoms. The van der Waals surface area contributed by atoms with E-state index in [9.17, 15) is 5.11 Å². The molecular formula is C27H25NO4. The molecule has 5 nitrogen and oxygen atoms in total. The molecule has 0 radical (unpaired) electrons. The highest BCUT2D eigenvalue weighted by Crippen LogP contribution is 2.41. The van der Waals surface area contributed by atoms with Crippen LogP contribution in [0.4, 0.5) is 0 Å². The predicted octanol–water partition coefficient (Wildman–Crippen LogP) is 5.21. The van der Waals surface area contributed by atoms with Gasteiger partial charge in [-0.3, -0.25) is 4.90 Å². The quantitative estimate of drug-likeness (QED) is 0.443. The Balaban J connectivity index is 1.44. The number of hydrogen-bond donors (Lipinski definition) is 1. The van der Waals surface area contributed by atoms with Crippen molar-refractivity contribution in [3.05, 3.63) is 77.9 Å². The second-order valence-electron chi connectivity index (χ2n) is 8.54. The summed E-state index contributed by atoms with van der Waals surface area (Å²) in [7, 11) is 0. The van der Waals surface area contributed by atoms with Gasteiger partial charge in [0.2, 0.25) is 6.79 Å². The second kappa shape index (κ2) is 8.01. The first-order valence-electron chi connectivity index (χ1n) is 11.1. The zero-order valence-electron chi connectivity index (χ0n) is 17.8. The van der Waals surface area contributed by atoms with Gasteiger partial charge in [-0.15, -0.1) is 0 Å². The maximum Gasteiger partial charge on any atom is 0.231 e. The molecule has 0 saturated carbocycles. The van der Waals surface area contributed by atoms with Crippen LogP contribution in [-0.4, -0.2) is 29.6 Å². The van der Waals surface area contributed by atoms with E-state index in [2.05, 4.69) is 47.4 Å². The molecule has 1 atom stereocenters. The maximum atomic E-state index is 10.4. The average Bonchev–Trinajstić information content (AvgIpc) is 3.45. The summed E-state index contributed by atoms with van der Waals surface area (Å²) < 4.78 is 17.4. The number of fused-ring (bicyclic) bond motifs is 4. The van der Waals surface area contributed by atoms with Crippen molar-refractivity contribution in [2.45, 2.75) is 32.2 Å².